The average molecular weight is 235 g/mol. The van der Waals surface area contributed by atoms with Gasteiger partial charge < -0.3 is 10.6 Å². The fraction of sp³-hybridized carbons (Fsp3) is 0.538. The third kappa shape index (κ3) is 4.95. The molecule has 0 radical (unpaired) electrons. The zero-order valence-electron chi connectivity index (χ0n) is 10.9. The minimum absolute atomic E-state index is 0.0210. The summed E-state index contributed by atoms with van der Waals surface area (Å²) in [6, 6.07) is 5.84. The highest BCUT2D eigenvalue weighted by Gasteiger charge is 2.12. The Balaban J connectivity index is 2.42. The number of amides is 1. The van der Waals surface area contributed by atoms with Crippen LogP contribution in [0.4, 0.5) is 0 Å². The molecule has 0 aromatic carbocycles. The predicted molar refractivity (Wildman–Crippen MR) is 68.6 cm³/mol. The number of hydrogen-bond acceptors (Lipinski definition) is 3. The fourth-order valence-electron chi connectivity index (χ4n) is 1.46. The van der Waals surface area contributed by atoms with Crippen molar-refractivity contribution >= 4 is 5.91 Å². The number of carbonyl (C=O) groups is 1. The topological polar surface area (TPSA) is 54.0 Å². The maximum absolute atomic E-state index is 11.6. The van der Waals surface area contributed by atoms with E-state index in [1.54, 1.807) is 0 Å². The first kappa shape index (κ1) is 13.6. The van der Waals surface area contributed by atoms with Crippen molar-refractivity contribution in [2.75, 3.05) is 0 Å². The highest BCUT2D eigenvalue weighted by molar-refractivity contribution is 5.81. The SMILES string of the molecule is Cc1cccc(CNC(C)C(=O)NC(C)C)n1. The molecule has 1 aromatic heterocycles. The third-order valence-corrected chi connectivity index (χ3v) is 2.36. The van der Waals surface area contributed by atoms with Crippen molar-refractivity contribution in [3.63, 3.8) is 0 Å². The van der Waals surface area contributed by atoms with Crippen LogP contribution in [0.2, 0.25) is 0 Å². The lowest BCUT2D eigenvalue weighted by molar-refractivity contribution is -0.123. The van der Waals surface area contributed by atoms with Crippen LogP contribution in [0.1, 0.15) is 32.2 Å². The third-order valence-electron chi connectivity index (χ3n) is 2.36. The van der Waals surface area contributed by atoms with Gasteiger partial charge in [-0.15, -0.1) is 0 Å². The van der Waals surface area contributed by atoms with Crippen LogP contribution in [0, 0.1) is 6.92 Å². The van der Waals surface area contributed by atoms with Gasteiger partial charge in [-0.2, -0.15) is 0 Å². The van der Waals surface area contributed by atoms with Crippen LogP contribution in [0.5, 0.6) is 0 Å². The molecule has 0 aliphatic heterocycles. The van der Waals surface area contributed by atoms with Crippen molar-refractivity contribution in [1.29, 1.82) is 0 Å². The Hall–Kier alpha value is -1.42. The smallest absolute Gasteiger partial charge is 0.237 e. The molecule has 0 aliphatic rings. The zero-order valence-corrected chi connectivity index (χ0v) is 10.9. The van der Waals surface area contributed by atoms with Gasteiger partial charge in [0.1, 0.15) is 0 Å². The van der Waals surface area contributed by atoms with Crippen LogP contribution in [-0.2, 0) is 11.3 Å². The maximum atomic E-state index is 11.6. The summed E-state index contributed by atoms with van der Waals surface area (Å²) >= 11 is 0. The summed E-state index contributed by atoms with van der Waals surface area (Å²) in [5, 5.41) is 6.03. The van der Waals surface area contributed by atoms with Crippen molar-refractivity contribution in [3.05, 3.63) is 29.6 Å². The molecule has 0 bridgehead atoms. The van der Waals surface area contributed by atoms with Crippen molar-refractivity contribution in [2.45, 2.75) is 46.3 Å². The quantitative estimate of drug-likeness (QED) is 0.811. The highest BCUT2D eigenvalue weighted by atomic mass is 16.2. The predicted octanol–water partition coefficient (Wildman–Crippen LogP) is 1.39. The number of aryl methyl sites for hydroxylation is 1. The van der Waals surface area contributed by atoms with Gasteiger partial charge in [0.05, 0.1) is 11.7 Å². The van der Waals surface area contributed by atoms with Crippen LogP contribution >= 0.6 is 0 Å². The van der Waals surface area contributed by atoms with E-state index >= 15 is 0 Å². The Morgan fingerprint density at radius 3 is 2.65 bits per heavy atom. The van der Waals surface area contributed by atoms with Gasteiger partial charge in [0.25, 0.3) is 0 Å². The first-order valence-corrected chi connectivity index (χ1v) is 5.95. The Morgan fingerprint density at radius 2 is 2.06 bits per heavy atom. The number of nitrogens with zero attached hydrogens (tertiary/aromatic N) is 1. The lowest BCUT2D eigenvalue weighted by Crippen LogP contribution is -2.44. The number of nitrogens with one attached hydrogen (secondary N) is 2. The molecule has 4 heteroatoms. The summed E-state index contributed by atoms with van der Waals surface area (Å²) < 4.78 is 0. The monoisotopic (exact) mass is 235 g/mol. The first-order chi connectivity index (χ1) is 7.99. The molecular formula is C13H21N3O. The molecule has 17 heavy (non-hydrogen) atoms. The number of rotatable bonds is 5. The Morgan fingerprint density at radius 1 is 1.35 bits per heavy atom. The summed E-state index contributed by atoms with van der Waals surface area (Å²) in [6.07, 6.45) is 0. The molecule has 1 aromatic rings. The summed E-state index contributed by atoms with van der Waals surface area (Å²) in [5.74, 6) is 0.0210. The van der Waals surface area contributed by atoms with Gasteiger partial charge in [0, 0.05) is 18.3 Å². The molecule has 0 aliphatic carbocycles. The fourth-order valence-corrected chi connectivity index (χ4v) is 1.46. The summed E-state index contributed by atoms with van der Waals surface area (Å²) in [7, 11) is 0. The number of carbonyl (C=O) groups excluding carboxylic acids is 1. The normalized spacial score (nSPS) is 12.5. The molecule has 0 saturated carbocycles. The Bertz CT molecular complexity index is 377. The van der Waals surface area contributed by atoms with Crippen molar-refractivity contribution in [2.24, 2.45) is 0 Å². The van der Waals surface area contributed by atoms with E-state index in [9.17, 15) is 4.79 Å². The second kappa shape index (κ2) is 6.35. The molecule has 4 nitrogen and oxygen atoms in total. The van der Waals surface area contributed by atoms with Gasteiger partial charge in [0.2, 0.25) is 5.91 Å². The molecule has 0 fully saturated rings. The molecule has 1 atom stereocenters. The van der Waals surface area contributed by atoms with Crippen molar-refractivity contribution in [1.82, 2.24) is 15.6 Å². The van der Waals surface area contributed by atoms with E-state index in [2.05, 4.69) is 15.6 Å². The van der Waals surface area contributed by atoms with Gasteiger partial charge >= 0.3 is 0 Å². The standard InChI is InChI=1S/C13H21N3O/c1-9(2)15-13(17)11(4)14-8-12-7-5-6-10(3)16-12/h5-7,9,11,14H,8H2,1-4H3,(H,15,17). The van der Waals surface area contributed by atoms with E-state index in [0.29, 0.717) is 6.54 Å². The Labute approximate surface area is 103 Å². The number of pyridine rings is 1. The van der Waals surface area contributed by atoms with Crippen LogP contribution in [0.15, 0.2) is 18.2 Å². The first-order valence-electron chi connectivity index (χ1n) is 5.95. The van der Waals surface area contributed by atoms with E-state index in [4.69, 9.17) is 0 Å². The average Bonchev–Trinajstić information content (AvgIpc) is 2.25. The molecule has 94 valence electrons. The van der Waals surface area contributed by atoms with Gasteiger partial charge in [0.15, 0.2) is 0 Å². The second-order valence-corrected chi connectivity index (χ2v) is 4.54. The molecule has 0 saturated heterocycles. The molecule has 2 N–H and O–H groups in total. The van der Waals surface area contributed by atoms with Crippen molar-refractivity contribution in [3.8, 4) is 0 Å². The largest absolute Gasteiger partial charge is 0.353 e. The lowest BCUT2D eigenvalue weighted by atomic mass is 10.2. The number of hydrogen-bond donors (Lipinski definition) is 2. The molecule has 1 unspecified atom stereocenters. The summed E-state index contributed by atoms with van der Waals surface area (Å²) in [6.45, 7) is 8.32. The molecule has 1 amide bonds. The zero-order chi connectivity index (χ0) is 12.8. The Kier molecular flexibility index (Phi) is 5.10. The van der Waals surface area contributed by atoms with E-state index in [1.807, 2.05) is 45.9 Å². The van der Waals surface area contributed by atoms with E-state index in [0.717, 1.165) is 11.4 Å². The van der Waals surface area contributed by atoms with E-state index in [-0.39, 0.29) is 18.0 Å². The molecule has 1 heterocycles. The van der Waals surface area contributed by atoms with E-state index < -0.39 is 0 Å². The molecule has 0 spiro atoms. The van der Waals surface area contributed by atoms with Gasteiger partial charge in [-0.25, -0.2) is 0 Å². The molecule has 1 rings (SSSR count). The van der Waals surface area contributed by atoms with Crippen LogP contribution in [0.25, 0.3) is 0 Å². The van der Waals surface area contributed by atoms with Crippen LogP contribution in [-0.4, -0.2) is 23.0 Å². The lowest BCUT2D eigenvalue weighted by Gasteiger charge is -2.15. The maximum Gasteiger partial charge on any atom is 0.237 e. The van der Waals surface area contributed by atoms with Gasteiger partial charge in [-0.3, -0.25) is 9.78 Å². The van der Waals surface area contributed by atoms with Crippen molar-refractivity contribution < 1.29 is 4.79 Å². The van der Waals surface area contributed by atoms with Gasteiger partial charge in [-0.05, 0) is 39.8 Å². The minimum Gasteiger partial charge on any atom is -0.353 e. The molecular weight excluding hydrogens is 214 g/mol. The highest BCUT2D eigenvalue weighted by Crippen LogP contribution is 1.98. The summed E-state index contributed by atoms with van der Waals surface area (Å²) in [5.41, 5.74) is 1.94. The minimum atomic E-state index is -0.209. The van der Waals surface area contributed by atoms with Crippen LogP contribution < -0.4 is 10.6 Å². The summed E-state index contributed by atoms with van der Waals surface area (Å²) in [4.78, 5) is 16.0. The van der Waals surface area contributed by atoms with E-state index in [1.165, 1.54) is 0 Å². The number of aromatic nitrogens is 1. The second-order valence-electron chi connectivity index (χ2n) is 4.54. The van der Waals surface area contributed by atoms with Gasteiger partial charge in [-0.1, -0.05) is 6.07 Å². The van der Waals surface area contributed by atoms with Crippen LogP contribution in [0.3, 0.4) is 0 Å².